The largest absolute Gasteiger partial charge is 0.481 e. The molecule has 4 rings (SSSR count). The fourth-order valence-corrected chi connectivity index (χ4v) is 4.89. The number of nitrogens with one attached hydrogen (secondary N) is 1. The van der Waals surface area contributed by atoms with Gasteiger partial charge in [-0.25, -0.2) is 8.78 Å². The van der Waals surface area contributed by atoms with Crippen molar-refractivity contribution in [3.05, 3.63) is 71.3 Å². The van der Waals surface area contributed by atoms with Crippen molar-refractivity contribution in [2.75, 3.05) is 13.1 Å². The maximum atomic E-state index is 13.6. The number of carboxylic acids is 1. The Kier molecular flexibility index (Phi) is 7.61. The Balaban J connectivity index is 1.63. The van der Waals surface area contributed by atoms with E-state index in [9.17, 15) is 33.1 Å². The maximum Gasteiger partial charge on any atom is 0.305 e. The van der Waals surface area contributed by atoms with Crippen molar-refractivity contribution in [1.29, 1.82) is 0 Å². The molecule has 2 atom stereocenters. The van der Waals surface area contributed by atoms with Crippen LogP contribution in [0.3, 0.4) is 0 Å². The van der Waals surface area contributed by atoms with E-state index in [0.717, 1.165) is 37.1 Å². The highest BCUT2D eigenvalue weighted by Gasteiger charge is 2.45. The van der Waals surface area contributed by atoms with Crippen molar-refractivity contribution in [2.45, 2.75) is 44.3 Å². The van der Waals surface area contributed by atoms with Crippen LogP contribution in [0.5, 0.6) is 0 Å². The minimum Gasteiger partial charge on any atom is -0.481 e. The standard InChI is InChI=1S/C26H27F2N3O5/c27-19-9-5-16(6-10-19)21(15-22(32)33)29-23(34)24-30(25(35)17-3-1-2-4-17)13-14-31(24)26(36)18-7-11-20(28)12-8-18/h5-12,17,21,24H,1-4,13-15H2,(H,29,34)(H,32,33). The number of aliphatic carboxylic acids is 1. The van der Waals surface area contributed by atoms with Crippen LogP contribution in [0.15, 0.2) is 48.5 Å². The Bertz CT molecular complexity index is 1130. The second kappa shape index (κ2) is 10.8. The van der Waals surface area contributed by atoms with Crippen molar-refractivity contribution in [3.63, 3.8) is 0 Å². The molecule has 1 heterocycles. The van der Waals surface area contributed by atoms with Crippen LogP contribution in [0.2, 0.25) is 0 Å². The molecule has 0 spiro atoms. The van der Waals surface area contributed by atoms with Gasteiger partial charge in [0.1, 0.15) is 11.6 Å². The number of carboxylic acid groups (broad SMARTS) is 1. The third kappa shape index (κ3) is 5.53. The third-order valence-corrected chi connectivity index (χ3v) is 6.71. The maximum absolute atomic E-state index is 13.6. The molecule has 1 saturated carbocycles. The first-order valence-electron chi connectivity index (χ1n) is 11.9. The van der Waals surface area contributed by atoms with Crippen molar-refractivity contribution in [3.8, 4) is 0 Å². The smallest absolute Gasteiger partial charge is 0.305 e. The molecule has 0 bridgehead atoms. The molecule has 3 amide bonds. The summed E-state index contributed by atoms with van der Waals surface area (Å²) in [5.41, 5.74) is 0.528. The summed E-state index contributed by atoms with van der Waals surface area (Å²) in [7, 11) is 0. The SMILES string of the molecule is O=C(O)CC(NC(=O)C1N(C(=O)c2ccc(F)cc2)CCN1C(=O)C1CCCC1)c1ccc(F)cc1. The summed E-state index contributed by atoms with van der Waals surface area (Å²) >= 11 is 0. The number of hydrogen-bond donors (Lipinski definition) is 2. The van der Waals surface area contributed by atoms with E-state index in [2.05, 4.69) is 5.32 Å². The first-order chi connectivity index (χ1) is 17.2. The first-order valence-corrected chi connectivity index (χ1v) is 11.9. The van der Waals surface area contributed by atoms with E-state index in [-0.39, 0.29) is 30.5 Å². The fourth-order valence-electron chi connectivity index (χ4n) is 4.89. The fraction of sp³-hybridized carbons (Fsp3) is 0.385. The van der Waals surface area contributed by atoms with Crippen LogP contribution in [0, 0.1) is 17.6 Å². The highest BCUT2D eigenvalue weighted by Crippen LogP contribution is 2.30. The average Bonchev–Trinajstić information content (AvgIpc) is 3.54. The van der Waals surface area contributed by atoms with Gasteiger partial charge in [-0.2, -0.15) is 0 Å². The summed E-state index contributed by atoms with van der Waals surface area (Å²) in [4.78, 5) is 54.3. The minimum atomic E-state index is -1.30. The Hall–Kier alpha value is -3.82. The molecule has 1 aliphatic heterocycles. The number of amides is 3. The molecular weight excluding hydrogens is 472 g/mol. The van der Waals surface area contributed by atoms with Crippen LogP contribution >= 0.6 is 0 Å². The van der Waals surface area contributed by atoms with Crippen molar-refractivity contribution < 1.29 is 33.1 Å². The van der Waals surface area contributed by atoms with Crippen molar-refractivity contribution in [1.82, 2.24) is 15.1 Å². The normalized spacial score (nSPS) is 18.8. The number of hydrogen-bond acceptors (Lipinski definition) is 4. The number of carbonyl (C=O) groups is 4. The van der Waals surface area contributed by atoms with Gasteiger partial charge in [0, 0.05) is 24.6 Å². The lowest BCUT2D eigenvalue weighted by Gasteiger charge is -2.32. The predicted octanol–water partition coefficient (Wildman–Crippen LogP) is 3.10. The van der Waals surface area contributed by atoms with Gasteiger partial charge in [-0.1, -0.05) is 25.0 Å². The summed E-state index contributed by atoms with van der Waals surface area (Å²) in [5.74, 6) is -3.95. The Morgan fingerprint density at radius 3 is 2.03 bits per heavy atom. The lowest BCUT2D eigenvalue weighted by atomic mass is 10.0. The Morgan fingerprint density at radius 1 is 0.889 bits per heavy atom. The van der Waals surface area contributed by atoms with Gasteiger partial charge in [-0.3, -0.25) is 19.2 Å². The molecule has 0 radical (unpaired) electrons. The van der Waals surface area contributed by atoms with E-state index in [4.69, 9.17) is 0 Å². The molecule has 1 aliphatic carbocycles. The molecule has 2 unspecified atom stereocenters. The van der Waals surface area contributed by atoms with Crippen molar-refractivity contribution >= 4 is 23.7 Å². The topological polar surface area (TPSA) is 107 Å². The van der Waals surface area contributed by atoms with Gasteiger partial charge in [0.05, 0.1) is 12.5 Å². The van der Waals surface area contributed by atoms with Gasteiger partial charge in [-0.05, 0) is 54.8 Å². The Morgan fingerprint density at radius 2 is 1.44 bits per heavy atom. The van der Waals surface area contributed by atoms with E-state index in [1.54, 1.807) is 0 Å². The number of carbonyl (C=O) groups excluding carboxylic acids is 3. The Labute approximate surface area is 206 Å². The average molecular weight is 500 g/mol. The summed E-state index contributed by atoms with van der Waals surface area (Å²) < 4.78 is 26.8. The molecule has 2 aromatic rings. The van der Waals surface area contributed by atoms with Gasteiger partial charge in [0.15, 0.2) is 6.17 Å². The third-order valence-electron chi connectivity index (χ3n) is 6.71. The molecule has 2 N–H and O–H groups in total. The number of halogens is 2. The van der Waals surface area contributed by atoms with Gasteiger partial charge in [-0.15, -0.1) is 0 Å². The second-order valence-electron chi connectivity index (χ2n) is 9.10. The van der Waals surface area contributed by atoms with E-state index >= 15 is 0 Å². The first kappa shape index (κ1) is 25.3. The van der Waals surface area contributed by atoms with E-state index in [1.165, 1.54) is 34.1 Å². The summed E-state index contributed by atoms with van der Waals surface area (Å²) in [6.07, 6.45) is 1.44. The van der Waals surface area contributed by atoms with Gasteiger partial charge < -0.3 is 20.2 Å². The number of nitrogens with zero attached hydrogens (tertiary/aromatic N) is 2. The van der Waals surface area contributed by atoms with Crippen LogP contribution in [-0.4, -0.2) is 57.9 Å². The van der Waals surface area contributed by atoms with E-state index in [1.807, 2.05) is 0 Å². The zero-order valence-electron chi connectivity index (χ0n) is 19.5. The van der Waals surface area contributed by atoms with Crippen LogP contribution in [0.25, 0.3) is 0 Å². The van der Waals surface area contributed by atoms with Gasteiger partial charge >= 0.3 is 5.97 Å². The molecule has 2 aliphatic rings. The quantitative estimate of drug-likeness (QED) is 0.609. The molecule has 36 heavy (non-hydrogen) atoms. The molecule has 10 heteroatoms. The molecule has 2 fully saturated rings. The second-order valence-corrected chi connectivity index (χ2v) is 9.10. The van der Waals surface area contributed by atoms with Crippen LogP contribution in [0.1, 0.15) is 54.1 Å². The lowest BCUT2D eigenvalue weighted by molar-refractivity contribution is -0.145. The van der Waals surface area contributed by atoms with E-state index < -0.39 is 48.0 Å². The zero-order valence-corrected chi connectivity index (χ0v) is 19.5. The molecule has 190 valence electrons. The van der Waals surface area contributed by atoms with E-state index in [0.29, 0.717) is 18.4 Å². The monoisotopic (exact) mass is 499 g/mol. The molecule has 1 saturated heterocycles. The van der Waals surface area contributed by atoms with Crippen LogP contribution in [-0.2, 0) is 14.4 Å². The number of rotatable bonds is 7. The summed E-state index contributed by atoms with van der Waals surface area (Å²) in [5, 5.41) is 12.0. The lowest BCUT2D eigenvalue weighted by Crippen LogP contribution is -2.55. The molecule has 8 nitrogen and oxygen atoms in total. The summed E-state index contributed by atoms with van der Waals surface area (Å²) in [6, 6.07) is 8.94. The van der Waals surface area contributed by atoms with Gasteiger partial charge in [0.2, 0.25) is 5.91 Å². The van der Waals surface area contributed by atoms with Crippen molar-refractivity contribution in [2.24, 2.45) is 5.92 Å². The van der Waals surface area contributed by atoms with Gasteiger partial charge in [0.25, 0.3) is 11.8 Å². The summed E-state index contributed by atoms with van der Waals surface area (Å²) in [6.45, 7) is 0.230. The molecule has 2 aromatic carbocycles. The number of benzene rings is 2. The highest BCUT2D eigenvalue weighted by molar-refractivity contribution is 5.99. The molecular formula is C26H27F2N3O5. The predicted molar refractivity (Wildman–Crippen MR) is 124 cm³/mol. The highest BCUT2D eigenvalue weighted by atomic mass is 19.1. The van der Waals surface area contributed by atoms with Crippen LogP contribution in [0.4, 0.5) is 8.78 Å². The van der Waals surface area contributed by atoms with Crippen LogP contribution < -0.4 is 5.32 Å². The minimum absolute atomic E-state index is 0.0902. The zero-order chi connectivity index (χ0) is 25.8. The molecule has 0 aromatic heterocycles.